The van der Waals surface area contributed by atoms with Crippen molar-refractivity contribution in [3.8, 4) is 5.75 Å². The predicted octanol–water partition coefficient (Wildman–Crippen LogP) is 2.21. The first-order valence-electron chi connectivity index (χ1n) is 7.10. The van der Waals surface area contributed by atoms with E-state index in [0.29, 0.717) is 12.6 Å². The van der Waals surface area contributed by atoms with E-state index in [1.54, 1.807) is 14.0 Å². The van der Waals surface area contributed by atoms with E-state index in [1.807, 2.05) is 13.1 Å². The number of hydrogen-bond donors (Lipinski definition) is 1. The summed E-state index contributed by atoms with van der Waals surface area (Å²) < 4.78 is 5.28. The molecule has 110 valence electrons. The van der Waals surface area contributed by atoms with E-state index >= 15 is 0 Å². The van der Waals surface area contributed by atoms with Crippen LogP contribution < -0.4 is 4.74 Å². The van der Waals surface area contributed by atoms with Crippen LogP contribution in [0.5, 0.6) is 5.75 Å². The Kier molecular flexibility index (Phi) is 4.65. The van der Waals surface area contributed by atoms with Crippen LogP contribution >= 0.6 is 0 Å². The third-order valence-electron chi connectivity index (χ3n) is 4.22. The molecule has 2 atom stereocenters. The van der Waals surface area contributed by atoms with Gasteiger partial charge in [0.1, 0.15) is 5.75 Å². The number of nitrogens with zero attached hydrogens (tertiary/aromatic N) is 1. The molecule has 1 aromatic carbocycles. The van der Waals surface area contributed by atoms with Crippen LogP contribution in [0, 0.1) is 5.92 Å². The Morgan fingerprint density at radius 3 is 2.90 bits per heavy atom. The van der Waals surface area contributed by atoms with E-state index in [0.717, 1.165) is 25.0 Å². The first-order valence-corrected chi connectivity index (χ1v) is 7.10. The zero-order chi connectivity index (χ0) is 14.7. The Balaban J connectivity index is 2.04. The molecular formula is C16H23NO3. The number of benzene rings is 1. The van der Waals surface area contributed by atoms with E-state index in [4.69, 9.17) is 9.84 Å². The maximum Gasteiger partial charge on any atom is 0.307 e. The van der Waals surface area contributed by atoms with Gasteiger partial charge in [-0.3, -0.25) is 4.79 Å². The van der Waals surface area contributed by atoms with Crippen LogP contribution in [-0.4, -0.2) is 42.7 Å². The maximum absolute atomic E-state index is 11.0. The number of carboxylic acids is 1. The third kappa shape index (κ3) is 3.31. The van der Waals surface area contributed by atoms with Crippen molar-refractivity contribution in [2.24, 2.45) is 5.92 Å². The molecule has 0 bridgehead atoms. The molecule has 0 spiro atoms. The Labute approximate surface area is 120 Å². The summed E-state index contributed by atoms with van der Waals surface area (Å²) in [5, 5.41) is 9.01. The van der Waals surface area contributed by atoms with Gasteiger partial charge in [0.2, 0.25) is 0 Å². The highest BCUT2D eigenvalue weighted by Gasteiger charge is 2.24. The normalized spacial score (nSPS) is 19.5. The van der Waals surface area contributed by atoms with Crippen molar-refractivity contribution in [2.45, 2.75) is 32.2 Å². The lowest BCUT2D eigenvalue weighted by molar-refractivity contribution is -0.141. The zero-order valence-corrected chi connectivity index (χ0v) is 12.4. The fourth-order valence-corrected chi connectivity index (χ4v) is 2.88. The minimum absolute atomic E-state index is 0.327. The van der Waals surface area contributed by atoms with Crippen LogP contribution in [-0.2, 0) is 17.6 Å². The molecule has 0 heterocycles. The van der Waals surface area contributed by atoms with Gasteiger partial charge in [-0.25, -0.2) is 0 Å². The van der Waals surface area contributed by atoms with Gasteiger partial charge in [0.25, 0.3) is 0 Å². The largest absolute Gasteiger partial charge is 0.497 e. The minimum atomic E-state index is -0.727. The molecule has 0 aromatic heterocycles. The topological polar surface area (TPSA) is 49.8 Å². The summed E-state index contributed by atoms with van der Waals surface area (Å²) in [5.74, 6) is -0.160. The van der Waals surface area contributed by atoms with Crippen LogP contribution in [0.1, 0.15) is 24.5 Å². The van der Waals surface area contributed by atoms with Crippen molar-refractivity contribution in [1.29, 1.82) is 0 Å². The molecule has 0 amide bonds. The van der Waals surface area contributed by atoms with Gasteiger partial charge >= 0.3 is 5.97 Å². The lowest BCUT2D eigenvalue weighted by Crippen LogP contribution is -2.40. The van der Waals surface area contributed by atoms with Gasteiger partial charge in [-0.2, -0.15) is 0 Å². The summed E-state index contributed by atoms with van der Waals surface area (Å²) in [6.45, 7) is 2.36. The van der Waals surface area contributed by atoms with E-state index in [2.05, 4.69) is 17.0 Å². The van der Waals surface area contributed by atoms with Gasteiger partial charge in [-0.05, 0) is 49.6 Å². The summed E-state index contributed by atoms with van der Waals surface area (Å²) in [6, 6.07) is 6.67. The molecule has 0 fully saturated rings. The summed E-state index contributed by atoms with van der Waals surface area (Å²) >= 11 is 0. The van der Waals surface area contributed by atoms with Gasteiger partial charge in [-0.1, -0.05) is 13.0 Å². The minimum Gasteiger partial charge on any atom is -0.497 e. The molecule has 2 unspecified atom stereocenters. The second-order valence-corrected chi connectivity index (χ2v) is 5.71. The molecule has 1 aliphatic rings. The Bertz CT molecular complexity index is 487. The molecule has 1 N–H and O–H groups in total. The van der Waals surface area contributed by atoms with Crippen LogP contribution in [0.25, 0.3) is 0 Å². The number of rotatable bonds is 5. The SMILES string of the molecule is COc1ccc2c(c1)CC(N(C)CC(C)C(=O)O)CC2. The Morgan fingerprint density at radius 1 is 1.50 bits per heavy atom. The van der Waals surface area contributed by atoms with E-state index in [9.17, 15) is 4.79 Å². The molecule has 20 heavy (non-hydrogen) atoms. The number of carboxylic acid groups (broad SMARTS) is 1. The van der Waals surface area contributed by atoms with Gasteiger partial charge in [0.15, 0.2) is 0 Å². The van der Waals surface area contributed by atoms with Crippen molar-refractivity contribution < 1.29 is 14.6 Å². The quantitative estimate of drug-likeness (QED) is 0.896. The number of aryl methyl sites for hydroxylation is 1. The number of aliphatic carboxylic acids is 1. The molecule has 4 heteroatoms. The van der Waals surface area contributed by atoms with E-state index < -0.39 is 5.97 Å². The lowest BCUT2D eigenvalue weighted by atomic mass is 9.87. The highest BCUT2D eigenvalue weighted by molar-refractivity contribution is 5.69. The number of fused-ring (bicyclic) bond motifs is 1. The van der Waals surface area contributed by atoms with Crippen molar-refractivity contribution in [1.82, 2.24) is 4.90 Å². The van der Waals surface area contributed by atoms with Crippen LogP contribution in [0.2, 0.25) is 0 Å². The number of methoxy groups -OCH3 is 1. The second kappa shape index (κ2) is 6.27. The van der Waals surface area contributed by atoms with Crippen molar-refractivity contribution in [3.05, 3.63) is 29.3 Å². The van der Waals surface area contributed by atoms with Crippen LogP contribution in [0.15, 0.2) is 18.2 Å². The van der Waals surface area contributed by atoms with Gasteiger partial charge in [0, 0.05) is 12.6 Å². The summed E-state index contributed by atoms with van der Waals surface area (Å²) in [5.41, 5.74) is 2.72. The zero-order valence-electron chi connectivity index (χ0n) is 12.4. The maximum atomic E-state index is 11.0. The fraction of sp³-hybridized carbons (Fsp3) is 0.562. The smallest absolute Gasteiger partial charge is 0.307 e. The highest BCUT2D eigenvalue weighted by atomic mass is 16.5. The summed E-state index contributed by atoms with van der Waals surface area (Å²) in [6.07, 6.45) is 3.10. The number of hydrogen-bond acceptors (Lipinski definition) is 3. The average Bonchev–Trinajstić information content (AvgIpc) is 2.45. The first kappa shape index (κ1) is 14.9. The van der Waals surface area contributed by atoms with Gasteiger partial charge in [0.05, 0.1) is 13.0 Å². The van der Waals surface area contributed by atoms with Gasteiger partial charge in [-0.15, -0.1) is 0 Å². The molecule has 1 aliphatic carbocycles. The average molecular weight is 277 g/mol. The molecule has 4 nitrogen and oxygen atoms in total. The van der Waals surface area contributed by atoms with Crippen molar-refractivity contribution >= 4 is 5.97 Å². The fourth-order valence-electron chi connectivity index (χ4n) is 2.88. The van der Waals surface area contributed by atoms with Crippen molar-refractivity contribution in [3.63, 3.8) is 0 Å². The van der Waals surface area contributed by atoms with Crippen LogP contribution in [0.4, 0.5) is 0 Å². The third-order valence-corrected chi connectivity index (χ3v) is 4.22. The molecule has 1 aromatic rings. The van der Waals surface area contributed by atoms with Gasteiger partial charge < -0.3 is 14.7 Å². The highest BCUT2D eigenvalue weighted by Crippen LogP contribution is 2.27. The Morgan fingerprint density at radius 2 is 2.25 bits per heavy atom. The summed E-state index contributed by atoms with van der Waals surface area (Å²) in [7, 11) is 3.71. The number of likely N-dealkylation sites (N-methyl/N-ethyl adjacent to an activating group) is 1. The van der Waals surface area contributed by atoms with E-state index in [1.165, 1.54) is 11.1 Å². The van der Waals surface area contributed by atoms with E-state index in [-0.39, 0.29) is 5.92 Å². The summed E-state index contributed by atoms with van der Waals surface area (Å²) in [4.78, 5) is 13.1. The van der Waals surface area contributed by atoms with Crippen LogP contribution in [0.3, 0.4) is 0 Å². The van der Waals surface area contributed by atoms with Crippen molar-refractivity contribution in [2.75, 3.05) is 20.7 Å². The predicted molar refractivity (Wildman–Crippen MR) is 78.2 cm³/mol. The molecule has 0 aliphatic heterocycles. The molecule has 0 radical (unpaired) electrons. The lowest BCUT2D eigenvalue weighted by Gasteiger charge is -2.33. The molecular weight excluding hydrogens is 254 g/mol. The first-order chi connectivity index (χ1) is 9.51. The standard InChI is InChI=1S/C16H23NO3/c1-11(16(18)19)10-17(2)14-6-4-12-5-7-15(20-3)9-13(12)8-14/h5,7,9,11,14H,4,6,8,10H2,1-3H3,(H,18,19). The molecule has 0 saturated carbocycles. The Hall–Kier alpha value is -1.55. The number of ether oxygens (including phenoxy) is 1. The molecule has 0 saturated heterocycles. The monoisotopic (exact) mass is 277 g/mol. The second-order valence-electron chi connectivity index (χ2n) is 5.71. The molecule has 2 rings (SSSR count). The number of carbonyl (C=O) groups is 1.